The van der Waals surface area contributed by atoms with E-state index in [0.717, 1.165) is 10.5 Å². The summed E-state index contributed by atoms with van der Waals surface area (Å²) in [6, 6.07) is 9.80. The van der Waals surface area contributed by atoms with Crippen LogP contribution in [-0.2, 0) is 14.3 Å². The van der Waals surface area contributed by atoms with E-state index >= 15 is 0 Å². The van der Waals surface area contributed by atoms with Crippen LogP contribution >= 0.6 is 11.8 Å². The highest BCUT2D eigenvalue weighted by molar-refractivity contribution is 7.98. The third-order valence-corrected chi connectivity index (χ3v) is 4.51. The molecule has 2 N–H and O–H groups in total. The minimum absolute atomic E-state index is 0.0429. The standard InChI is InChI=1S/C18H20N2O3S/c1-4-14-16(18(21)22-5-2)15(13(10-19)17(20)23-14)11-6-8-12(24-3)9-7-11/h6-9,15H,4-5,20H2,1-3H3/t15-/m0/s1. The molecule has 24 heavy (non-hydrogen) atoms. The van der Waals surface area contributed by atoms with E-state index in [2.05, 4.69) is 6.07 Å². The number of rotatable bonds is 5. The van der Waals surface area contributed by atoms with Crippen molar-refractivity contribution in [2.45, 2.75) is 31.1 Å². The Labute approximate surface area is 146 Å². The molecule has 1 aromatic carbocycles. The van der Waals surface area contributed by atoms with Gasteiger partial charge in [0.25, 0.3) is 0 Å². The van der Waals surface area contributed by atoms with Crippen molar-refractivity contribution in [1.82, 2.24) is 0 Å². The van der Waals surface area contributed by atoms with E-state index in [0.29, 0.717) is 17.8 Å². The van der Waals surface area contributed by atoms with Crippen LogP contribution in [0.4, 0.5) is 0 Å². The van der Waals surface area contributed by atoms with E-state index in [1.165, 1.54) is 0 Å². The third-order valence-electron chi connectivity index (χ3n) is 3.76. The first-order valence-corrected chi connectivity index (χ1v) is 8.91. The quantitative estimate of drug-likeness (QED) is 0.650. The molecule has 2 rings (SSSR count). The van der Waals surface area contributed by atoms with Crippen molar-refractivity contribution in [3.05, 3.63) is 52.6 Å². The smallest absolute Gasteiger partial charge is 0.338 e. The minimum atomic E-state index is -0.575. The molecule has 0 unspecified atom stereocenters. The molecule has 126 valence electrons. The lowest BCUT2D eigenvalue weighted by molar-refractivity contribution is -0.139. The van der Waals surface area contributed by atoms with Gasteiger partial charge in [-0.15, -0.1) is 11.8 Å². The van der Waals surface area contributed by atoms with Crippen LogP contribution in [0.2, 0.25) is 0 Å². The number of benzene rings is 1. The van der Waals surface area contributed by atoms with Crippen LogP contribution < -0.4 is 5.73 Å². The summed E-state index contributed by atoms with van der Waals surface area (Å²) in [5, 5.41) is 9.54. The van der Waals surface area contributed by atoms with Crippen LogP contribution in [0.1, 0.15) is 31.7 Å². The second-order valence-electron chi connectivity index (χ2n) is 5.11. The van der Waals surface area contributed by atoms with Crippen LogP contribution in [-0.4, -0.2) is 18.8 Å². The Kier molecular flexibility index (Phi) is 5.93. The second kappa shape index (κ2) is 7.93. The van der Waals surface area contributed by atoms with Gasteiger partial charge in [-0.05, 0) is 30.9 Å². The molecule has 5 nitrogen and oxygen atoms in total. The second-order valence-corrected chi connectivity index (χ2v) is 5.99. The van der Waals surface area contributed by atoms with Gasteiger partial charge < -0.3 is 15.2 Å². The zero-order chi connectivity index (χ0) is 17.7. The largest absolute Gasteiger partial charge is 0.463 e. The molecule has 0 saturated heterocycles. The lowest BCUT2D eigenvalue weighted by atomic mass is 9.82. The fraction of sp³-hybridized carbons (Fsp3) is 0.333. The van der Waals surface area contributed by atoms with Gasteiger partial charge in [0.2, 0.25) is 5.88 Å². The number of allylic oxidation sites excluding steroid dienone is 2. The van der Waals surface area contributed by atoms with Crippen LogP contribution in [0.15, 0.2) is 51.9 Å². The maximum absolute atomic E-state index is 12.5. The van der Waals surface area contributed by atoms with E-state index in [1.807, 2.05) is 37.4 Å². The van der Waals surface area contributed by atoms with E-state index in [-0.39, 0.29) is 18.1 Å². The first-order chi connectivity index (χ1) is 11.6. The molecule has 1 heterocycles. The van der Waals surface area contributed by atoms with Gasteiger partial charge in [0.15, 0.2) is 0 Å². The normalized spacial score (nSPS) is 17.3. The molecular weight excluding hydrogens is 324 g/mol. The average Bonchev–Trinajstić information content (AvgIpc) is 2.60. The first-order valence-electron chi connectivity index (χ1n) is 7.68. The Balaban J connectivity index is 2.60. The molecule has 0 saturated carbocycles. The lowest BCUT2D eigenvalue weighted by Crippen LogP contribution is -2.26. The lowest BCUT2D eigenvalue weighted by Gasteiger charge is -2.27. The summed E-state index contributed by atoms with van der Waals surface area (Å²) in [5.41, 5.74) is 7.31. The van der Waals surface area contributed by atoms with E-state index in [4.69, 9.17) is 15.2 Å². The summed E-state index contributed by atoms with van der Waals surface area (Å²) in [6.07, 6.45) is 2.47. The van der Waals surface area contributed by atoms with Gasteiger partial charge in [0.1, 0.15) is 17.4 Å². The van der Waals surface area contributed by atoms with Gasteiger partial charge in [-0.2, -0.15) is 5.26 Å². The van der Waals surface area contributed by atoms with Crippen LogP contribution in [0, 0.1) is 11.3 Å². The molecule has 6 heteroatoms. The number of hydrogen-bond acceptors (Lipinski definition) is 6. The SMILES string of the molecule is CCOC(=O)C1=C(CC)OC(N)=C(C#N)[C@@H]1c1ccc(SC)cc1. The predicted molar refractivity (Wildman–Crippen MR) is 92.8 cm³/mol. The molecule has 0 amide bonds. The van der Waals surface area contributed by atoms with Gasteiger partial charge in [0.05, 0.1) is 18.1 Å². The highest BCUT2D eigenvalue weighted by atomic mass is 32.2. The average molecular weight is 344 g/mol. The van der Waals surface area contributed by atoms with E-state index in [1.54, 1.807) is 18.7 Å². The molecule has 0 aromatic heterocycles. The van der Waals surface area contributed by atoms with Crippen molar-refractivity contribution in [1.29, 1.82) is 5.26 Å². The number of nitriles is 1. The van der Waals surface area contributed by atoms with Crippen molar-refractivity contribution in [3.63, 3.8) is 0 Å². The first kappa shape index (κ1) is 18.0. The van der Waals surface area contributed by atoms with Crippen molar-refractivity contribution >= 4 is 17.7 Å². The third kappa shape index (κ3) is 3.41. The van der Waals surface area contributed by atoms with Crippen LogP contribution in [0.3, 0.4) is 0 Å². The number of hydrogen-bond donors (Lipinski definition) is 1. The Morgan fingerprint density at radius 3 is 2.54 bits per heavy atom. The molecule has 0 fully saturated rings. The Morgan fingerprint density at radius 1 is 1.38 bits per heavy atom. The van der Waals surface area contributed by atoms with Gasteiger partial charge in [0, 0.05) is 11.3 Å². The van der Waals surface area contributed by atoms with E-state index in [9.17, 15) is 10.1 Å². The minimum Gasteiger partial charge on any atom is -0.463 e. The molecule has 0 radical (unpaired) electrons. The fourth-order valence-corrected chi connectivity index (χ4v) is 3.05. The summed E-state index contributed by atoms with van der Waals surface area (Å²) in [4.78, 5) is 13.6. The molecule has 0 spiro atoms. The van der Waals surface area contributed by atoms with Gasteiger partial charge in [-0.3, -0.25) is 0 Å². The van der Waals surface area contributed by atoms with Crippen molar-refractivity contribution < 1.29 is 14.3 Å². The summed E-state index contributed by atoms with van der Waals surface area (Å²) >= 11 is 1.62. The Morgan fingerprint density at radius 2 is 2.04 bits per heavy atom. The summed E-state index contributed by atoms with van der Waals surface area (Å²) in [6.45, 7) is 3.86. The Bertz CT molecular complexity index is 730. The zero-order valence-corrected chi connectivity index (χ0v) is 14.8. The molecule has 0 aliphatic carbocycles. The van der Waals surface area contributed by atoms with Gasteiger partial charge in [-0.25, -0.2) is 4.79 Å². The molecule has 1 aliphatic heterocycles. The number of esters is 1. The number of thioether (sulfide) groups is 1. The van der Waals surface area contributed by atoms with Crippen molar-refractivity contribution in [2.75, 3.05) is 12.9 Å². The van der Waals surface area contributed by atoms with Gasteiger partial charge >= 0.3 is 5.97 Å². The topological polar surface area (TPSA) is 85.3 Å². The number of carbonyl (C=O) groups is 1. The highest BCUT2D eigenvalue weighted by Gasteiger charge is 2.36. The molecule has 1 aromatic rings. The van der Waals surface area contributed by atoms with E-state index < -0.39 is 11.9 Å². The summed E-state index contributed by atoms with van der Waals surface area (Å²) < 4.78 is 10.7. The van der Waals surface area contributed by atoms with Gasteiger partial charge in [-0.1, -0.05) is 19.1 Å². The van der Waals surface area contributed by atoms with Crippen molar-refractivity contribution in [3.8, 4) is 6.07 Å². The predicted octanol–water partition coefficient (Wildman–Crippen LogP) is 3.44. The molecule has 1 aliphatic rings. The van der Waals surface area contributed by atoms with Crippen LogP contribution in [0.5, 0.6) is 0 Å². The number of ether oxygens (including phenoxy) is 2. The number of carbonyl (C=O) groups excluding carboxylic acids is 1. The highest BCUT2D eigenvalue weighted by Crippen LogP contribution is 2.40. The van der Waals surface area contributed by atoms with Crippen LogP contribution in [0.25, 0.3) is 0 Å². The molecule has 0 bridgehead atoms. The summed E-state index contributed by atoms with van der Waals surface area (Å²) in [7, 11) is 0. The molecular formula is C18H20N2O3S. The molecule has 1 atom stereocenters. The maximum Gasteiger partial charge on any atom is 0.338 e. The maximum atomic E-state index is 12.5. The number of nitrogens with two attached hydrogens (primary N) is 1. The summed E-state index contributed by atoms with van der Waals surface area (Å²) in [5.74, 6) is -0.563. The zero-order valence-electron chi connectivity index (χ0n) is 14.0. The Hall–Kier alpha value is -2.39. The number of nitrogens with zero attached hydrogens (tertiary/aromatic N) is 1. The fourth-order valence-electron chi connectivity index (χ4n) is 2.64. The monoisotopic (exact) mass is 344 g/mol. The van der Waals surface area contributed by atoms with Crippen molar-refractivity contribution in [2.24, 2.45) is 5.73 Å².